The predicted octanol–water partition coefficient (Wildman–Crippen LogP) is 2.62. The summed E-state index contributed by atoms with van der Waals surface area (Å²) in [5.41, 5.74) is -0.837. The van der Waals surface area contributed by atoms with Gasteiger partial charge in [0.25, 0.3) is 0 Å². The van der Waals surface area contributed by atoms with Gasteiger partial charge in [-0.2, -0.15) is 13.2 Å². The van der Waals surface area contributed by atoms with Gasteiger partial charge in [-0.15, -0.1) is 0 Å². The first kappa shape index (κ1) is 12.4. The van der Waals surface area contributed by atoms with Crippen LogP contribution < -0.4 is 4.74 Å². The van der Waals surface area contributed by atoms with Gasteiger partial charge in [-0.05, 0) is 18.2 Å². The van der Waals surface area contributed by atoms with Gasteiger partial charge in [0.05, 0.1) is 5.57 Å². The smallest absolute Gasteiger partial charge is 0.430 e. The molecule has 1 aliphatic rings. The number of hydrogen-bond acceptors (Lipinski definition) is 2. The van der Waals surface area contributed by atoms with E-state index in [1.54, 1.807) is 0 Å². The van der Waals surface area contributed by atoms with Gasteiger partial charge in [-0.25, -0.2) is 9.18 Å². The Morgan fingerprint density at radius 2 is 2.00 bits per heavy atom. The highest BCUT2D eigenvalue weighted by Crippen LogP contribution is 2.37. The van der Waals surface area contributed by atoms with Gasteiger partial charge in [-0.1, -0.05) is 0 Å². The van der Waals surface area contributed by atoms with Gasteiger partial charge in [0.15, 0.2) is 0 Å². The normalized spacial score (nSPS) is 18.7. The van der Waals surface area contributed by atoms with Crippen molar-refractivity contribution in [1.29, 1.82) is 0 Å². The number of ether oxygens (including phenoxy) is 1. The number of alkyl halides is 3. The minimum absolute atomic E-state index is 0.0919. The number of hydrogen-bond donors (Lipinski definition) is 1. The van der Waals surface area contributed by atoms with E-state index in [0.717, 1.165) is 24.3 Å². The van der Waals surface area contributed by atoms with Crippen LogP contribution in [0.25, 0.3) is 6.08 Å². The van der Waals surface area contributed by atoms with Crippen molar-refractivity contribution < 1.29 is 32.2 Å². The Morgan fingerprint density at radius 3 is 2.56 bits per heavy atom. The lowest BCUT2D eigenvalue weighted by molar-refractivity contribution is -0.187. The molecule has 3 nitrogen and oxygen atoms in total. The van der Waals surface area contributed by atoms with E-state index in [1.165, 1.54) is 0 Å². The van der Waals surface area contributed by atoms with E-state index in [4.69, 9.17) is 5.11 Å². The zero-order valence-electron chi connectivity index (χ0n) is 8.66. The summed E-state index contributed by atoms with van der Waals surface area (Å²) < 4.78 is 55.3. The van der Waals surface area contributed by atoms with Crippen molar-refractivity contribution in [2.75, 3.05) is 0 Å². The van der Waals surface area contributed by atoms with Crippen LogP contribution in [0.2, 0.25) is 0 Å². The molecule has 0 saturated carbocycles. The zero-order chi connectivity index (χ0) is 13.5. The van der Waals surface area contributed by atoms with Crippen LogP contribution in [0.3, 0.4) is 0 Å². The van der Waals surface area contributed by atoms with Gasteiger partial charge in [0, 0.05) is 11.6 Å². The molecular formula is C11H6F4O3. The second-order valence-electron chi connectivity index (χ2n) is 3.63. The number of carboxylic acid groups (broad SMARTS) is 1. The highest BCUT2D eigenvalue weighted by molar-refractivity contribution is 5.94. The largest absolute Gasteiger partial charge is 0.478 e. The van der Waals surface area contributed by atoms with E-state index in [-0.39, 0.29) is 11.3 Å². The fraction of sp³-hybridized carbons (Fsp3) is 0.182. The molecule has 1 N–H and O–H groups in total. The third-order valence-corrected chi connectivity index (χ3v) is 2.36. The minimum atomic E-state index is -4.88. The molecule has 0 aromatic heterocycles. The molecule has 0 saturated heterocycles. The topological polar surface area (TPSA) is 46.5 Å². The molecule has 1 aromatic rings. The number of carbonyl (C=O) groups is 1. The van der Waals surface area contributed by atoms with Gasteiger partial charge in [-0.3, -0.25) is 0 Å². The molecule has 18 heavy (non-hydrogen) atoms. The Hall–Kier alpha value is -2.05. The molecule has 96 valence electrons. The summed E-state index contributed by atoms with van der Waals surface area (Å²) >= 11 is 0. The molecule has 0 radical (unpaired) electrons. The summed E-state index contributed by atoms with van der Waals surface area (Å²) in [6.07, 6.45) is -6.64. The number of rotatable bonds is 1. The lowest BCUT2D eigenvalue weighted by Gasteiger charge is -2.26. The summed E-state index contributed by atoms with van der Waals surface area (Å²) in [5.74, 6) is -2.82. The SMILES string of the molecule is O=C(O)C1=Cc2ccc(F)cc2O[C@@H]1C(F)(F)F. The van der Waals surface area contributed by atoms with E-state index >= 15 is 0 Å². The van der Waals surface area contributed by atoms with Crippen molar-refractivity contribution in [2.45, 2.75) is 12.3 Å². The van der Waals surface area contributed by atoms with Crippen molar-refractivity contribution in [3.8, 4) is 5.75 Å². The number of benzene rings is 1. The van der Waals surface area contributed by atoms with Crippen molar-refractivity contribution in [3.05, 3.63) is 35.2 Å². The van der Waals surface area contributed by atoms with Gasteiger partial charge in [0.2, 0.25) is 6.10 Å². The van der Waals surface area contributed by atoms with Crippen LogP contribution in [0.5, 0.6) is 5.75 Å². The summed E-state index contributed by atoms with van der Waals surface area (Å²) in [7, 11) is 0. The molecular weight excluding hydrogens is 256 g/mol. The maximum absolute atomic E-state index is 12.9. The van der Waals surface area contributed by atoms with E-state index in [0.29, 0.717) is 0 Å². The standard InChI is InChI=1S/C11H6F4O3/c12-6-2-1-5-3-7(10(16)17)9(11(13,14)15)18-8(5)4-6/h1-4,9H,(H,16,17)/t9-/m0/s1. The molecule has 1 aliphatic heterocycles. The van der Waals surface area contributed by atoms with Crippen LogP contribution in [-0.2, 0) is 4.79 Å². The summed E-state index contributed by atoms with van der Waals surface area (Å²) in [5, 5.41) is 8.73. The lowest BCUT2D eigenvalue weighted by Crippen LogP contribution is -2.40. The molecule has 1 aromatic carbocycles. The summed E-state index contributed by atoms with van der Waals surface area (Å²) in [4.78, 5) is 10.8. The summed E-state index contributed by atoms with van der Waals surface area (Å²) in [6, 6.07) is 2.94. The predicted molar refractivity (Wildman–Crippen MR) is 52.5 cm³/mol. The first-order valence-corrected chi connectivity index (χ1v) is 4.77. The highest BCUT2D eigenvalue weighted by Gasteiger charge is 2.48. The monoisotopic (exact) mass is 262 g/mol. The lowest BCUT2D eigenvalue weighted by atomic mass is 10.0. The average Bonchev–Trinajstić information content (AvgIpc) is 2.25. The Kier molecular flexibility index (Phi) is 2.76. The van der Waals surface area contributed by atoms with Crippen LogP contribution >= 0.6 is 0 Å². The van der Waals surface area contributed by atoms with Crippen LogP contribution in [0.15, 0.2) is 23.8 Å². The number of halogens is 4. The Morgan fingerprint density at radius 1 is 1.33 bits per heavy atom. The van der Waals surface area contributed by atoms with Crippen LogP contribution in [0.1, 0.15) is 5.56 Å². The fourth-order valence-electron chi connectivity index (χ4n) is 1.58. The molecule has 1 atom stereocenters. The average molecular weight is 262 g/mol. The van der Waals surface area contributed by atoms with Crippen molar-refractivity contribution in [3.63, 3.8) is 0 Å². The van der Waals surface area contributed by atoms with Crippen LogP contribution in [0, 0.1) is 5.82 Å². The van der Waals surface area contributed by atoms with Crippen LogP contribution in [0.4, 0.5) is 17.6 Å². The minimum Gasteiger partial charge on any atom is -0.478 e. The van der Waals surface area contributed by atoms with Gasteiger partial charge < -0.3 is 9.84 Å². The van der Waals surface area contributed by atoms with E-state index in [2.05, 4.69) is 4.74 Å². The molecule has 0 bridgehead atoms. The molecule has 0 unspecified atom stereocenters. The Labute approximate surface area is 98.3 Å². The Balaban J connectivity index is 2.53. The molecule has 0 amide bonds. The first-order valence-electron chi connectivity index (χ1n) is 4.77. The third kappa shape index (κ3) is 2.15. The van der Waals surface area contributed by atoms with E-state index < -0.39 is 29.6 Å². The molecule has 1 heterocycles. The molecule has 0 aliphatic carbocycles. The van der Waals surface area contributed by atoms with Crippen molar-refractivity contribution >= 4 is 12.0 Å². The quantitative estimate of drug-likeness (QED) is 0.791. The first-order chi connectivity index (χ1) is 8.29. The molecule has 2 rings (SSSR count). The molecule has 7 heteroatoms. The summed E-state index contributed by atoms with van der Waals surface area (Å²) in [6.45, 7) is 0. The van der Waals surface area contributed by atoms with Crippen molar-refractivity contribution in [2.24, 2.45) is 0 Å². The fourth-order valence-corrected chi connectivity index (χ4v) is 1.58. The number of aliphatic carboxylic acids is 1. The number of carboxylic acids is 1. The molecule has 0 spiro atoms. The van der Waals surface area contributed by atoms with Gasteiger partial charge in [0.1, 0.15) is 11.6 Å². The molecule has 0 fully saturated rings. The maximum atomic E-state index is 12.9. The van der Waals surface area contributed by atoms with E-state index in [9.17, 15) is 22.4 Å². The van der Waals surface area contributed by atoms with Gasteiger partial charge >= 0.3 is 12.1 Å². The maximum Gasteiger partial charge on any atom is 0.430 e. The second-order valence-corrected chi connectivity index (χ2v) is 3.63. The van der Waals surface area contributed by atoms with Crippen LogP contribution in [-0.4, -0.2) is 23.4 Å². The zero-order valence-corrected chi connectivity index (χ0v) is 8.66. The second kappa shape index (κ2) is 4.01. The highest BCUT2D eigenvalue weighted by atomic mass is 19.4. The third-order valence-electron chi connectivity index (χ3n) is 2.36. The number of fused-ring (bicyclic) bond motifs is 1. The van der Waals surface area contributed by atoms with Crippen molar-refractivity contribution in [1.82, 2.24) is 0 Å². The van der Waals surface area contributed by atoms with E-state index in [1.807, 2.05) is 0 Å². The Bertz CT molecular complexity index is 534.